The van der Waals surface area contributed by atoms with Crippen LogP contribution in [0.25, 0.3) is 0 Å². The van der Waals surface area contributed by atoms with Crippen molar-refractivity contribution < 1.29 is 40.6 Å². The summed E-state index contributed by atoms with van der Waals surface area (Å²) < 4.78 is 79.1. The van der Waals surface area contributed by atoms with Gasteiger partial charge in [0.05, 0.1) is 11.5 Å². The number of sulfonamides is 1. The Morgan fingerprint density at radius 3 is 2.46 bits per heavy atom. The number of hydrogen-bond acceptors (Lipinski definition) is 7. The Labute approximate surface area is 207 Å². The van der Waals surface area contributed by atoms with E-state index in [4.69, 9.17) is 9.47 Å². The quantitative estimate of drug-likeness (QED) is 0.263. The van der Waals surface area contributed by atoms with Crippen molar-refractivity contribution >= 4 is 27.8 Å². The molecule has 0 amide bonds. The number of aryl methyl sites for hydroxylation is 1. The molecular formula is C23H28F3NO6S2. The second-order valence-corrected chi connectivity index (χ2v) is 10.4. The molecule has 2 aromatic rings. The molecular weight excluding hydrogens is 507 g/mol. The fraction of sp³-hybridized carbons (Fsp3) is 0.435. The number of carbonyl (C=O) groups is 1. The molecule has 0 atom stereocenters. The van der Waals surface area contributed by atoms with Crippen molar-refractivity contribution in [1.82, 2.24) is 4.31 Å². The molecule has 7 nitrogen and oxygen atoms in total. The van der Waals surface area contributed by atoms with Gasteiger partial charge in [-0.2, -0.15) is 4.31 Å². The maximum atomic E-state index is 13.1. The number of ether oxygens (including phenoxy) is 3. The Bertz CT molecular complexity index is 1090. The van der Waals surface area contributed by atoms with Gasteiger partial charge >= 0.3 is 12.3 Å². The first kappa shape index (κ1) is 28.8. The van der Waals surface area contributed by atoms with Gasteiger partial charge in [-0.3, -0.25) is 0 Å². The molecule has 0 aliphatic carbocycles. The van der Waals surface area contributed by atoms with Gasteiger partial charge in [0.1, 0.15) is 11.5 Å². The summed E-state index contributed by atoms with van der Waals surface area (Å²) in [6.07, 6.45) is -4.38. The van der Waals surface area contributed by atoms with Gasteiger partial charge in [-0.05, 0) is 56.2 Å². The van der Waals surface area contributed by atoms with Crippen LogP contribution in [0, 0.1) is 6.92 Å². The molecule has 194 valence electrons. The van der Waals surface area contributed by atoms with E-state index in [0.717, 1.165) is 22.6 Å². The Morgan fingerprint density at radius 1 is 1.09 bits per heavy atom. The van der Waals surface area contributed by atoms with Crippen molar-refractivity contribution in [2.75, 3.05) is 32.1 Å². The van der Waals surface area contributed by atoms with E-state index in [-0.39, 0.29) is 31.2 Å². The van der Waals surface area contributed by atoms with Crippen LogP contribution >= 0.6 is 11.8 Å². The topological polar surface area (TPSA) is 82.1 Å². The standard InChI is InChI=1S/C23H28F3NO6S2/c1-4-11-27(35(29,30)20-8-6-7-18(15-20)33-23(24,25)26)12-13-34-19-9-10-21(17(3)14-19)32-16-22(28)31-5-2/h6-10,14-15H,4-5,11-13,16H2,1-3H3. The first-order valence-corrected chi connectivity index (χ1v) is 13.3. The second-order valence-electron chi connectivity index (χ2n) is 7.30. The highest BCUT2D eigenvalue weighted by Crippen LogP contribution is 2.28. The third-order valence-corrected chi connectivity index (χ3v) is 7.43. The summed E-state index contributed by atoms with van der Waals surface area (Å²) in [6, 6.07) is 9.76. The average molecular weight is 536 g/mol. The summed E-state index contributed by atoms with van der Waals surface area (Å²) >= 11 is 1.43. The van der Waals surface area contributed by atoms with Crippen molar-refractivity contribution in [3.63, 3.8) is 0 Å². The van der Waals surface area contributed by atoms with Crippen LogP contribution in [0.1, 0.15) is 25.8 Å². The maximum absolute atomic E-state index is 13.1. The number of carbonyl (C=O) groups excluding carboxylic acids is 1. The molecule has 0 aliphatic rings. The molecule has 0 heterocycles. The zero-order valence-corrected chi connectivity index (χ0v) is 21.3. The molecule has 0 fully saturated rings. The van der Waals surface area contributed by atoms with Gasteiger partial charge in [-0.25, -0.2) is 13.2 Å². The minimum atomic E-state index is -4.92. The summed E-state index contributed by atoms with van der Waals surface area (Å²) in [5.41, 5.74) is 0.804. The predicted octanol–water partition coefficient (Wildman–Crippen LogP) is 5.03. The molecule has 0 spiro atoms. The van der Waals surface area contributed by atoms with Gasteiger partial charge in [0.25, 0.3) is 0 Å². The van der Waals surface area contributed by atoms with Crippen molar-refractivity contribution in [1.29, 1.82) is 0 Å². The Balaban J connectivity index is 2.03. The molecule has 0 saturated heterocycles. The van der Waals surface area contributed by atoms with E-state index in [1.54, 1.807) is 19.1 Å². The SMILES string of the molecule is CCCN(CCSc1ccc(OCC(=O)OCC)c(C)c1)S(=O)(=O)c1cccc(OC(F)(F)F)c1. The van der Waals surface area contributed by atoms with E-state index >= 15 is 0 Å². The molecule has 2 rings (SSSR count). The lowest BCUT2D eigenvalue weighted by Crippen LogP contribution is -2.33. The summed E-state index contributed by atoms with van der Waals surface area (Å²) in [6.45, 7) is 5.81. The molecule has 2 aromatic carbocycles. The smallest absolute Gasteiger partial charge is 0.482 e. The van der Waals surface area contributed by atoms with E-state index in [1.807, 2.05) is 19.9 Å². The van der Waals surface area contributed by atoms with Crippen molar-refractivity contribution in [3.05, 3.63) is 48.0 Å². The normalized spacial score (nSPS) is 12.0. The minimum Gasteiger partial charge on any atom is -0.482 e. The van der Waals surface area contributed by atoms with E-state index < -0.39 is 28.1 Å². The van der Waals surface area contributed by atoms with Crippen LogP contribution in [-0.2, 0) is 19.6 Å². The summed E-state index contributed by atoms with van der Waals surface area (Å²) in [7, 11) is -4.02. The number of alkyl halides is 3. The van der Waals surface area contributed by atoms with E-state index in [1.165, 1.54) is 28.2 Å². The predicted molar refractivity (Wildman–Crippen MR) is 126 cm³/mol. The van der Waals surface area contributed by atoms with E-state index in [2.05, 4.69) is 4.74 Å². The zero-order chi connectivity index (χ0) is 26.1. The number of thioether (sulfide) groups is 1. The Morgan fingerprint density at radius 2 is 1.83 bits per heavy atom. The first-order chi connectivity index (χ1) is 16.5. The number of hydrogen-bond donors (Lipinski definition) is 0. The fourth-order valence-corrected chi connectivity index (χ4v) is 5.72. The maximum Gasteiger partial charge on any atom is 0.573 e. The highest BCUT2D eigenvalue weighted by Gasteiger charge is 2.32. The van der Waals surface area contributed by atoms with Gasteiger partial charge in [0.2, 0.25) is 10.0 Å². The minimum absolute atomic E-state index is 0.158. The fourth-order valence-electron chi connectivity index (χ4n) is 3.06. The highest BCUT2D eigenvalue weighted by atomic mass is 32.2. The Hall–Kier alpha value is -2.44. The van der Waals surface area contributed by atoms with Crippen LogP contribution in [0.2, 0.25) is 0 Å². The lowest BCUT2D eigenvalue weighted by atomic mass is 10.2. The van der Waals surface area contributed by atoms with E-state index in [9.17, 15) is 26.4 Å². The van der Waals surface area contributed by atoms with Gasteiger partial charge < -0.3 is 14.2 Å². The monoisotopic (exact) mass is 535 g/mol. The molecule has 0 radical (unpaired) electrons. The van der Waals surface area contributed by atoms with Crippen LogP contribution in [0.15, 0.2) is 52.3 Å². The lowest BCUT2D eigenvalue weighted by molar-refractivity contribution is -0.274. The third-order valence-electron chi connectivity index (χ3n) is 4.56. The molecule has 0 unspecified atom stereocenters. The van der Waals surface area contributed by atoms with Gasteiger partial charge in [-0.1, -0.05) is 13.0 Å². The Kier molecular flexibility index (Phi) is 10.7. The number of benzene rings is 2. The van der Waals surface area contributed by atoms with Gasteiger partial charge in [0, 0.05) is 29.8 Å². The van der Waals surface area contributed by atoms with Crippen molar-refractivity contribution in [2.24, 2.45) is 0 Å². The average Bonchev–Trinajstić information content (AvgIpc) is 2.77. The van der Waals surface area contributed by atoms with Crippen molar-refractivity contribution in [3.8, 4) is 11.5 Å². The molecule has 0 aromatic heterocycles. The molecule has 0 aliphatic heterocycles. The summed E-state index contributed by atoms with van der Waals surface area (Å²) in [4.78, 5) is 12.1. The lowest BCUT2D eigenvalue weighted by Gasteiger charge is -2.22. The first-order valence-electron chi connectivity index (χ1n) is 10.8. The third kappa shape index (κ3) is 9.26. The zero-order valence-electron chi connectivity index (χ0n) is 19.6. The van der Waals surface area contributed by atoms with Crippen molar-refractivity contribution in [2.45, 2.75) is 43.3 Å². The van der Waals surface area contributed by atoms with Crippen LogP contribution in [0.5, 0.6) is 11.5 Å². The molecule has 12 heteroatoms. The number of rotatable bonds is 13. The molecule has 0 N–H and O–H groups in total. The number of nitrogens with zero attached hydrogens (tertiary/aromatic N) is 1. The molecule has 35 heavy (non-hydrogen) atoms. The largest absolute Gasteiger partial charge is 0.573 e. The van der Waals surface area contributed by atoms with E-state index in [0.29, 0.717) is 17.9 Å². The summed E-state index contributed by atoms with van der Waals surface area (Å²) in [5.74, 6) is -0.0951. The molecule has 0 bridgehead atoms. The van der Waals surface area contributed by atoms with Crippen LogP contribution < -0.4 is 9.47 Å². The van der Waals surface area contributed by atoms with Crippen LogP contribution in [-0.4, -0.2) is 57.1 Å². The number of halogens is 3. The molecule has 0 saturated carbocycles. The number of esters is 1. The highest BCUT2D eigenvalue weighted by molar-refractivity contribution is 7.99. The van der Waals surface area contributed by atoms with Crippen LogP contribution in [0.4, 0.5) is 13.2 Å². The second kappa shape index (κ2) is 13.0. The van der Waals surface area contributed by atoms with Gasteiger partial charge in [0.15, 0.2) is 6.61 Å². The van der Waals surface area contributed by atoms with Crippen LogP contribution in [0.3, 0.4) is 0 Å². The summed E-state index contributed by atoms with van der Waals surface area (Å²) in [5, 5.41) is 0. The van der Waals surface area contributed by atoms with Gasteiger partial charge in [-0.15, -0.1) is 24.9 Å².